The maximum Gasteiger partial charge on any atom is 0.272 e. The van der Waals surface area contributed by atoms with E-state index in [0.717, 1.165) is 27.9 Å². The van der Waals surface area contributed by atoms with E-state index in [-0.39, 0.29) is 11.9 Å². The van der Waals surface area contributed by atoms with Crippen molar-refractivity contribution in [3.63, 3.8) is 0 Å². The molecule has 4 N–H and O–H groups in total. The fourth-order valence-electron chi connectivity index (χ4n) is 3.96. The van der Waals surface area contributed by atoms with Gasteiger partial charge in [0, 0.05) is 49.0 Å². The van der Waals surface area contributed by atoms with Gasteiger partial charge in [-0.3, -0.25) is 10.2 Å². The smallest absolute Gasteiger partial charge is 0.272 e. The summed E-state index contributed by atoms with van der Waals surface area (Å²) < 4.78 is 0. The number of guanidine groups is 1. The maximum atomic E-state index is 13.0. The van der Waals surface area contributed by atoms with Crippen LogP contribution in [0.1, 0.15) is 10.5 Å². The van der Waals surface area contributed by atoms with Crippen LogP contribution in [-0.4, -0.2) is 62.8 Å². The summed E-state index contributed by atoms with van der Waals surface area (Å²) in [5, 5.41) is 8.52. The molecule has 8 nitrogen and oxygen atoms in total. The van der Waals surface area contributed by atoms with Gasteiger partial charge in [0.05, 0.1) is 5.69 Å². The summed E-state index contributed by atoms with van der Waals surface area (Å²) >= 11 is 0. The minimum absolute atomic E-state index is 0.0419. The number of nitrogens with zero attached hydrogens (tertiary/aromatic N) is 4. The zero-order chi connectivity index (χ0) is 22.1. The highest BCUT2D eigenvalue weighted by Crippen LogP contribution is 2.26. The minimum atomic E-state index is -0.114. The molecule has 160 valence electrons. The van der Waals surface area contributed by atoms with Crippen LogP contribution in [0.5, 0.6) is 0 Å². The molecule has 1 aliphatic heterocycles. The maximum absolute atomic E-state index is 13.0. The van der Waals surface area contributed by atoms with Gasteiger partial charge in [-0.2, -0.15) is 0 Å². The van der Waals surface area contributed by atoms with Gasteiger partial charge in [-0.15, -0.1) is 0 Å². The van der Waals surface area contributed by atoms with Crippen LogP contribution in [0.2, 0.25) is 0 Å². The number of carbonyl (C=O) groups is 1. The topological polar surface area (TPSA) is 115 Å². The van der Waals surface area contributed by atoms with E-state index in [1.165, 1.54) is 0 Å². The van der Waals surface area contributed by atoms with Crippen LogP contribution in [0.4, 0.5) is 0 Å². The van der Waals surface area contributed by atoms with Crippen molar-refractivity contribution < 1.29 is 4.79 Å². The van der Waals surface area contributed by atoms with E-state index in [0.29, 0.717) is 37.6 Å². The molecule has 8 heteroatoms. The van der Waals surface area contributed by atoms with E-state index in [2.05, 4.69) is 33.2 Å². The van der Waals surface area contributed by atoms with Crippen LogP contribution in [0.25, 0.3) is 33.5 Å². The van der Waals surface area contributed by atoms with Crippen LogP contribution < -0.4 is 5.73 Å². The summed E-state index contributed by atoms with van der Waals surface area (Å²) in [5.41, 5.74) is 10.4. The molecule has 1 fully saturated rings. The van der Waals surface area contributed by atoms with Crippen LogP contribution in [-0.2, 0) is 0 Å². The number of amides is 1. The third-order valence-electron chi connectivity index (χ3n) is 5.73. The fraction of sp³-hybridized carbons (Fsp3) is 0.167. The molecule has 0 radical (unpaired) electrons. The van der Waals surface area contributed by atoms with Gasteiger partial charge >= 0.3 is 0 Å². The van der Waals surface area contributed by atoms with Crippen LogP contribution in [0.3, 0.4) is 0 Å². The summed E-state index contributed by atoms with van der Waals surface area (Å²) in [6.45, 7) is 2.14. The first-order chi connectivity index (χ1) is 15.6. The molecule has 4 heterocycles. The largest absolute Gasteiger partial charge is 0.370 e. The SMILES string of the molecule is N=C(N)N1CCN(C(=O)c2cccc(-c3cnc4[nH]c(-c5ccccc5)cc4c3)n2)CC1. The minimum Gasteiger partial charge on any atom is -0.370 e. The second-order valence-electron chi connectivity index (χ2n) is 7.78. The van der Waals surface area contributed by atoms with Gasteiger partial charge in [0.25, 0.3) is 5.91 Å². The Balaban J connectivity index is 1.39. The quantitative estimate of drug-likeness (QED) is 0.345. The number of fused-ring (bicyclic) bond motifs is 1. The molecule has 1 aliphatic rings. The molecule has 1 aromatic carbocycles. The summed E-state index contributed by atoms with van der Waals surface area (Å²) in [5.74, 6) is -0.0719. The number of aromatic nitrogens is 3. The van der Waals surface area contributed by atoms with Gasteiger partial charge in [0.15, 0.2) is 5.96 Å². The molecular formula is C24H23N7O. The molecular weight excluding hydrogens is 402 g/mol. The van der Waals surface area contributed by atoms with Gasteiger partial charge in [-0.05, 0) is 29.8 Å². The van der Waals surface area contributed by atoms with E-state index >= 15 is 0 Å². The number of carbonyl (C=O) groups excluding carboxylic acids is 1. The van der Waals surface area contributed by atoms with Crippen molar-refractivity contribution in [2.45, 2.75) is 0 Å². The number of pyridine rings is 2. The second-order valence-corrected chi connectivity index (χ2v) is 7.78. The zero-order valence-corrected chi connectivity index (χ0v) is 17.5. The Bertz CT molecular complexity index is 1290. The van der Waals surface area contributed by atoms with E-state index in [1.807, 2.05) is 36.4 Å². The van der Waals surface area contributed by atoms with Gasteiger partial charge in [-0.25, -0.2) is 9.97 Å². The van der Waals surface area contributed by atoms with Crippen molar-refractivity contribution in [2.24, 2.45) is 5.73 Å². The highest BCUT2D eigenvalue weighted by Gasteiger charge is 2.23. The van der Waals surface area contributed by atoms with Crippen molar-refractivity contribution in [3.8, 4) is 22.5 Å². The molecule has 0 atom stereocenters. The number of H-pyrrole nitrogens is 1. The second kappa shape index (κ2) is 8.14. The molecule has 5 rings (SSSR count). The Kier molecular flexibility index (Phi) is 5.03. The fourth-order valence-corrected chi connectivity index (χ4v) is 3.96. The van der Waals surface area contributed by atoms with Gasteiger partial charge in [0.1, 0.15) is 11.3 Å². The van der Waals surface area contributed by atoms with E-state index < -0.39 is 0 Å². The lowest BCUT2D eigenvalue weighted by Gasteiger charge is -2.34. The lowest BCUT2D eigenvalue weighted by molar-refractivity contribution is 0.0684. The molecule has 4 aromatic rings. The summed E-state index contributed by atoms with van der Waals surface area (Å²) in [7, 11) is 0. The van der Waals surface area contributed by atoms with Gasteiger partial charge in [-0.1, -0.05) is 36.4 Å². The monoisotopic (exact) mass is 425 g/mol. The molecule has 0 unspecified atom stereocenters. The van der Waals surface area contributed by atoms with Crippen molar-refractivity contribution >= 4 is 22.9 Å². The number of piperazine rings is 1. The number of hydrogen-bond acceptors (Lipinski definition) is 4. The lowest BCUT2D eigenvalue weighted by Crippen LogP contribution is -2.52. The Morgan fingerprint density at radius 2 is 1.69 bits per heavy atom. The molecule has 3 aromatic heterocycles. The number of nitrogens with one attached hydrogen (secondary N) is 2. The van der Waals surface area contributed by atoms with Crippen molar-refractivity contribution in [1.82, 2.24) is 24.8 Å². The van der Waals surface area contributed by atoms with E-state index in [4.69, 9.17) is 11.1 Å². The average Bonchev–Trinajstić information content (AvgIpc) is 3.28. The Morgan fingerprint density at radius 3 is 2.44 bits per heavy atom. The summed E-state index contributed by atoms with van der Waals surface area (Å²) in [4.78, 5) is 29.0. The summed E-state index contributed by atoms with van der Waals surface area (Å²) in [6.07, 6.45) is 1.77. The third-order valence-corrected chi connectivity index (χ3v) is 5.73. The standard InChI is InChI=1S/C24H23N7O/c25-24(26)31-11-9-30(10-12-31)23(32)20-8-4-7-19(28-20)18-13-17-14-21(29-22(17)27-15-18)16-5-2-1-3-6-16/h1-8,13-15H,9-12H2,(H3,25,26)(H,27,29). The van der Waals surface area contributed by atoms with Crippen molar-refractivity contribution in [2.75, 3.05) is 26.2 Å². The Labute approximate surface area is 185 Å². The van der Waals surface area contributed by atoms with Crippen molar-refractivity contribution in [1.29, 1.82) is 5.41 Å². The van der Waals surface area contributed by atoms with E-state index in [9.17, 15) is 4.79 Å². The molecule has 1 saturated heterocycles. The first-order valence-corrected chi connectivity index (χ1v) is 10.5. The first kappa shape index (κ1) is 19.7. The average molecular weight is 425 g/mol. The number of rotatable bonds is 3. The van der Waals surface area contributed by atoms with Crippen LogP contribution >= 0.6 is 0 Å². The number of hydrogen-bond donors (Lipinski definition) is 3. The van der Waals surface area contributed by atoms with Gasteiger partial charge < -0.3 is 20.5 Å². The number of aromatic amines is 1. The number of nitrogens with two attached hydrogens (primary N) is 1. The highest BCUT2D eigenvalue weighted by molar-refractivity contribution is 5.93. The molecule has 0 spiro atoms. The molecule has 0 aliphatic carbocycles. The Hall–Kier alpha value is -4.20. The Morgan fingerprint density at radius 1 is 0.938 bits per heavy atom. The first-order valence-electron chi connectivity index (χ1n) is 10.5. The van der Waals surface area contributed by atoms with Crippen molar-refractivity contribution in [3.05, 3.63) is 72.6 Å². The molecule has 0 bridgehead atoms. The van der Waals surface area contributed by atoms with Crippen LogP contribution in [0.15, 0.2) is 66.9 Å². The zero-order valence-electron chi connectivity index (χ0n) is 17.5. The molecule has 1 amide bonds. The number of benzene rings is 1. The van der Waals surface area contributed by atoms with Gasteiger partial charge in [0.2, 0.25) is 0 Å². The normalized spacial score (nSPS) is 14.0. The van der Waals surface area contributed by atoms with E-state index in [1.54, 1.807) is 22.1 Å². The third kappa shape index (κ3) is 3.78. The highest BCUT2D eigenvalue weighted by atomic mass is 16.2. The lowest BCUT2D eigenvalue weighted by atomic mass is 10.1. The predicted molar refractivity (Wildman–Crippen MR) is 124 cm³/mol. The molecule has 0 saturated carbocycles. The summed E-state index contributed by atoms with van der Waals surface area (Å²) in [6, 6.07) is 19.7. The van der Waals surface area contributed by atoms with Crippen LogP contribution in [0, 0.1) is 5.41 Å². The predicted octanol–water partition coefficient (Wildman–Crippen LogP) is 2.94. The molecule has 32 heavy (non-hydrogen) atoms.